The average molecular weight is 260 g/mol. The molecule has 0 aliphatic carbocycles. The van der Waals surface area contributed by atoms with Crippen LogP contribution in [-0.2, 0) is 17.6 Å². The van der Waals surface area contributed by atoms with E-state index in [0.29, 0.717) is 6.54 Å². The molecule has 1 aliphatic heterocycles. The Kier molecular flexibility index (Phi) is 4.97. The van der Waals surface area contributed by atoms with E-state index in [2.05, 4.69) is 37.4 Å². The van der Waals surface area contributed by atoms with Gasteiger partial charge in [-0.05, 0) is 43.4 Å². The zero-order chi connectivity index (χ0) is 13.7. The van der Waals surface area contributed by atoms with Crippen molar-refractivity contribution < 1.29 is 4.79 Å². The van der Waals surface area contributed by atoms with Gasteiger partial charge < -0.3 is 10.2 Å². The van der Waals surface area contributed by atoms with Crippen LogP contribution < -0.4 is 10.2 Å². The fourth-order valence-electron chi connectivity index (χ4n) is 2.73. The molecule has 0 radical (unpaired) electrons. The number of para-hydroxylation sites is 1. The summed E-state index contributed by atoms with van der Waals surface area (Å²) in [6.07, 6.45) is 4.15. The SMILES string of the molecule is CCc1cccc(CC)c1N1CCCCNCC1=O. The first-order valence-electron chi connectivity index (χ1n) is 7.39. The molecule has 1 aliphatic rings. The zero-order valence-electron chi connectivity index (χ0n) is 12.0. The molecule has 0 aromatic heterocycles. The van der Waals surface area contributed by atoms with Crippen LogP contribution in [0.3, 0.4) is 0 Å². The number of benzene rings is 1. The minimum Gasteiger partial charge on any atom is -0.311 e. The second kappa shape index (κ2) is 6.71. The van der Waals surface area contributed by atoms with Crippen LogP contribution in [0.5, 0.6) is 0 Å². The third kappa shape index (κ3) is 3.16. The summed E-state index contributed by atoms with van der Waals surface area (Å²) in [6.45, 7) is 6.58. The van der Waals surface area contributed by atoms with Crippen LogP contribution in [0.15, 0.2) is 18.2 Å². The van der Waals surface area contributed by atoms with Crippen molar-refractivity contribution >= 4 is 11.6 Å². The zero-order valence-corrected chi connectivity index (χ0v) is 12.0. The Bertz CT molecular complexity index is 420. The Balaban J connectivity index is 2.39. The van der Waals surface area contributed by atoms with Gasteiger partial charge in [-0.1, -0.05) is 32.0 Å². The molecule has 1 amide bonds. The first kappa shape index (κ1) is 14.1. The lowest BCUT2D eigenvalue weighted by molar-refractivity contribution is -0.118. The molecule has 0 unspecified atom stereocenters. The van der Waals surface area contributed by atoms with Gasteiger partial charge in [-0.25, -0.2) is 0 Å². The van der Waals surface area contributed by atoms with Gasteiger partial charge in [-0.2, -0.15) is 0 Å². The van der Waals surface area contributed by atoms with Gasteiger partial charge in [0, 0.05) is 6.54 Å². The predicted molar refractivity (Wildman–Crippen MR) is 79.7 cm³/mol. The highest BCUT2D eigenvalue weighted by molar-refractivity contribution is 5.96. The lowest BCUT2D eigenvalue weighted by Crippen LogP contribution is -2.42. The monoisotopic (exact) mass is 260 g/mol. The largest absolute Gasteiger partial charge is 0.311 e. The van der Waals surface area contributed by atoms with Gasteiger partial charge in [0.1, 0.15) is 0 Å². The van der Waals surface area contributed by atoms with Crippen LogP contribution in [0, 0.1) is 0 Å². The van der Waals surface area contributed by atoms with Crippen LogP contribution in [0.4, 0.5) is 5.69 Å². The molecule has 104 valence electrons. The number of nitrogens with one attached hydrogen (secondary N) is 1. The van der Waals surface area contributed by atoms with Crippen molar-refractivity contribution in [1.82, 2.24) is 5.32 Å². The smallest absolute Gasteiger partial charge is 0.240 e. The Labute approximate surface area is 116 Å². The van der Waals surface area contributed by atoms with Gasteiger partial charge in [0.15, 0.2) is 0 Å². The fourth-order valence-corrected chi connectivity index (χ4v) is 2.73. The molecule has 1 N–H and O–H groups in total. The maximum Gasteiger partial charge on any atom is 0.240 e. The number of nitrogens with zero attached hydrogens (tertiary/aromatic N) is 1. The number of rotatable bonds is 3. The topological polar surface area (TPSA) is 32.3 Å². The number of hydrogen-bond acceptors (Lipinski definition) is 2. The standard InChI is InChI=1S/C16H24N2O/c1-3-13-8-7-9-14(4-2)16(13)18-11-6-5-10-17-12-15(18)19/h7-9,17H,3-6,10-12H2,1-2H3. The van der Waals surface area contributed by atoms with Crippen molar-refractivity contribution in [2.24, 2.45) is 0 Å². The van der Waals surface area contributed by atoms with Crippen molar-refractivity contribution in [3.63, 3.8) is 0 Å². The summed E-state index contributed by atoms with van der Waals surface area (Å²) >= 11 is 0. The van der Waals surface area contributed by atoms with Crippen molar-refractivity contribution in [2.45, 2.75) is 39.5 Å². The number of anilines is 1. The number of carbonyl (C=O) groups excluding carboxylic acids is 1. The molecule has 3 heteroatoms. The van der Waals surface area contributed by atoms with Crippen LogP contribution in [-0.4, -0.2) is 25.5 Å². The number of hydrogen-bond donors (Lipinski definition) is 1. The summed E-state index contributed by atoms with van der Waals surface area (Å²) in [7, 11) is 0. The summed E-state index contributed by atoms with van der Waals surface area (Å²) < 4.78 is 0. The summed E-state index contributed by atoms with van der Waals surface area (Å²) in [5.74, 6) is 0.204. The van der Waals surface area contributed by atoms with Crippen molar-refractivity contribution in [3.8, 4) is 0 Å². The van der Waals surface area contributed by atoms with Gasteiger partial charge in [0.2, 0.25) is 5.91 Å². The molecule has 3 nitrogen and oxygen atoms in total. The Morgan fingerprint density at radius 3 is 2.47 bits per heavy atom. The first-order valence-corrected chi connectivity index (χ1v) is 7.39. The van der Waals surface area contributed by atoms with Gasteiger partial charge in [0.25, 0.3) is 0 Å². The predicted octanol–water partition coefficient (Wildman–Crippen LogP) is 2.53. The second-order valence-corrected chi connectivity index (χ2v) is 5.06. The van der Waals surface area contributed by atoms with Crippen LogP contribution in [0.2, 0.25) is 0 Å². The van der Waals surface area contributed by atoms with Gasteiger partial charge in [-0.3, -0.25) is 4.79 Å². The third-order valence-corrected chi connectivity index (χ3v) is 3.80. The number of carbonyl (C=O) groups is 1. The number of aryl methyl sites for hydroxylation is 2. The molecule has 0 spiro atoms. The molecule has 1 heterocycles. The van der Waals surface area contributed by atoms with Crippen molar-refractivity contribution in [1.29, 1.82) is 0 Å². The third-order valence-electron chi connectivity index (χ3n) is 3.80. The molecule has 0 saturated carbocycles. The normalized spacial score (nSPS) is 17.2. The molecule has 1 saturated heterocycles. The minimum absolute atomic E-state index is 0.204. The maximum absolute atomic E-state index is 12.4. The quantitative estimate of drug-likeness (QED) is 0.905. The molecular formula is C16H24N2O. The minimum atomic E-state index is 0.204. The lowest BCUT2D eigenvalue weighted by atomic mass is 10.0. The highest BCUT2D eigenvalue weighted by Gasteiger charge is 2.21. The summed E-state index contributed by atoms with van der Waals surface area (Å²) in [6, 6.07) is 6.40. The van der Waals surface area contributed by atoms with E-state index in [1.165, 1.54) is 16.8 Å². The van der Waals surface area contributed by atoms with Crippen molar-refractivity contribution in [3.05, 3.63) is 29.3 Å². The Hall–Kier alpha value is -1.35. The Morgan fingerprint density at radius 2 is 1.84 bits per heavy atom. The molecule has 19 heavy (non-hydrogen) atoms. The first-order chi connectivity index (χ1) is 9.27. The Morgan fingerprint density at radius 1 is 1.16 bits per heavy atom. The van der Waals surface area contributed by atoms with E-state index in [9.17, 15) is 4.79 Å². The van der Waals surface area contributed by atoms with Crippen LogP contribution in [0.1, 0.15) is 37.8 Å². The van der Waals surface area contributed by atoms with E-state index < -0.39 is 0 Å². The van der Waals surface area contributed by atoms with Crippen LogP contribution in [0.25, 0.3) is 0 Å². The summed E-state index contributed by atoms with van der Waals surface area (Å²) in [5, 5.41) is 3.22. The van der Waals surface area contributed by atoms with E-state index in [1.54, 1.807) is 0 Å². The van der Waals surface area contributed by atoms with E-state index in [-0.39, 0.29) is 5.91 Å². The van der Waals surface area contributed by atoms with Crippen LogP contribution >= 0.6 is 0 Å². The van der Waals surface area contributed by atoms with E-state index >= 15 is 0 Å². The van der Waals surface area contributed by atoms with E-state index in [1.807, 2.05) is 4.90 Å². The summed E-state index contributed by atoms with van der Waals surface area (Å²) in [5.41, 5.74) is 3.74. The molecule has 0 atom stereocenters. The molecule has 2 rings (SSSR count). The van der Waals surface area contributed by atoms with Gasteiger partial charge in [0.05, 0.1) is 12.2 Å². The van der Waals surface area contributed by atoms with Gasteiger partial charge in [-0.15, -0.1) is 0 Å². The molecule has 1 aromatic carbocycles. The fraction of sp³-hybridized carbons (Fsp3) is 0.562. The highest BCUT2D eigenvalue weighted by Crippen LogP contribution is 2.27. The molecule has 1 fully saturated rings. The second-order valence-electron chi connectivity index (χ2n) is 5.06. The maximum atomic E-state index is 12.4. The van der Waals surface area contributed by atoms with Gasteiger partial charge >= 0.3 is 0 Å². The lowest BCUT2D eigenvalue weighted by Gasteiger charge is -2.29. The van der Waals surface area contributed by atoms with E-state index in [0.717, 1.165) is 38.8 Å². The highest BCUT2D eigenvalue weighted by atomic mass is 16.2. The van der Waals surface area contributed by atoms with E-state index in [4.69, 9.17) is 0 Å². The number of amides is 1. The summed E-state index contributed by atoms with van der Waals surface area (Å²) in [4.78, 5) is 14.4. The molecular weight excluding hydrogens is 236 g/mol. The molecule has 0 bridgehead atoms. The average Bonchev–Trinajstić information content (AvgIpc) is 2.43. The molecule has 1 aromatic rings. The van der Waals surface area contributed by atoms with Crippen molar-refractivity contribution in [2.75, 3.05) is 24.5 Å².